The summed E-state index contributed by atoms with van der Waals surface area (Å²) in [6.07, 6.45) is 13.6. The highest BCUT2D eigenvalue weighted by Gasteiger charge is 2.36. The molecule has 0 aliphatic carbocycles. The normalized spacial score (nSPS) is 14.7. The molecule has 4 amide bonds. The molecule has 0 radical (unpaired) electrons. The van der Waals surface area contributed by atoms with Crippen molar-refractivity contribution in [3.8, 4) is 0 Å². The predicted molar refractivity (Wildman–Crippen MR) is 198 cm³/mol. The van der Waals surface area contributed by atoms with Crippen molar-refractivity contribution in [3.63, 3.8) is 0 Å². The molecule has 0 bridgehead atoms. The number of amides is 4. The third kappa shape index (κ3) is 5.76. The lowest BCUT2D eigenvalue weighted by Crippen LogP contribution is -2.41. The van der Waals surface area contributed by atoms with E-state index in [-0.39, 0.29) is 23.6 Å². The smallest absolute Gasteiger partial charge is 0.261 e. The van der Waals surface area contributed by atoms with E-state index >= 15 is 0 Å². The summed E-state index contributed by atoms with van der Waals surface area (Å²) in [5, 5.41) is 6.85. The molecule has 0 spiro atoms. The maximum Gasteiger partial charge on any atom is 0.261 e. The molecule has 0 saturated heterocycles. The second kappa shape index (κ2) is 13.9. The first-order valence-corrected chi connectivity index (χ1v) is 18.4. The number of hydrogen-bond acceptors (Lipinski definition) is 5. The van der Waals surface area contributed by atoms with Crippen molar-refractivity contribution in [2.45, 2.75) is 84.0 Å². The van der Waals surface area contributed by atoms with Crippen LogP contribution < -0.4 is 0 Å². The molecule has 5 aromatic carbocycles. The van der Waals surface area contributed by atoms with Crippen LogP contribution in [-0.4, -0.2) is 72.1 Å². The van der Waals surface area contributed by atoms with Gasteiger partial charge < -0.3 is 4.90 Å². The van der Waals surface area contributed by atoms with Crippen LogP contribution in [0.1, 0.15) is 125 Å². The van der Waals surface area contributed by atoms with Crippen molar-refractivity contribution in [1.29, 1.82) is 0 Å². The van der Waals surface area contributed by atoms with Gasteiger partial charge in [0.2, 0.25) is 0 Å². The number of hydrogen-bond donors (Lipinski definition) is 0. The minimum atomic E-state index is -0.249. The SMILES string of the molecule is CCCCCCCCCCCCN1C(=O)c2ccc3c4ccc5c6c(ccc(c7ccc(c2c37)C1=O)c64)C(=O)N(CCCCN(C)C)C5=O. The Morgan fingerprint density at radius 3 is 1.10 bits per heavy atom. The fourth-order valence-electron chi connectivity index (χ4n) is 8.23. The molecule has 0 unspecified atom stereocenters. The van der Waals surface area contributed by atoms with E-state index in [2.05, 4.69) is 11.8 Å². The van der Waals surface area contributed by atoms with Crippen LogP contribution in [0.4, 0.5) is 0 Å². The quantitative estimate of drug-likeness (QED) is 0.0458. The number of unbranched alkanes of at least 4 members (excludes halogenated alkanes) is 10. The average Bonchev–Trinajstić information content (AvgIpc) is 3.10. The summed E-state index contributed by atoms with van der Waals surface area (Å²) in [5.74, 6) is -0.952. The molecule has 7 rings (SSSR count). The molecule has 49 heavy (non-hydrogen) atoms. The number of rotatable bonds is 16. The van der Waals surface area contributed by atoms with Crippen molar-refractivity contribution >= 4 is 66.7 Å². The summed E-state index contributed by atoms with van der Waals surface area (Å²) in [6, 6.07) is 15.3. The van der Waals surface area contributed by atoms with E-state index in [9.17, 15) is 19.2 Å². The highest BCUT2D eigenvalue weighted by molar-refractivity contribution is 6.41. The third-order valence-corrected chi connectivity index (χ3v) is 10.8. The Balaban J connectivity index is 1.17. The van der Waals surface area contributed by atoms with E-state index in [4.69, 9.17) is 0 Å². The molecule has 254 valence electrons. The second-order valence-electron chi connectivity index (χ2n) is 14.4. The lowest BCUT2D eigenvalue weighted by atomic mass is 9.82. The summed E-state index contributed by atoms with van der Waals surface area (Å²) >= 11 is 0. The van der Waals surface area contributed by atoms with Crippen LogP contribution in [0.25, 0.3) is 43.1 Å². The van der Waals surface area contributed by atoms with E-state index in [1.54, 1.807) is 0 Å². The topological polar surface area (TPSA) is 78.0 Å². The monoisotopic (exact) mass is 657 g/mol. The van der Waals surface area contributed by atoms with Gasteiger partial charge in [-0.15, -0.1) is 0 Å². The molecule has 0 N–H and O–H groups in total. The molecule has 2 heterocycles. The first kappa shape index (κ1) is 33.2. The fourth-order valence-corrected chi connectivity index (χ4v) is 8.23. The number of benzene rings is 5. The van der Waals surface area contributed by atoms with E-state index in [0.29, 0.717) is 46.1 Å². The molecular formula is C42H47N3O4. The third-order valence-electron chi connectivity index (χ3n) is 10.8. The number of fused-ring (bicyclic) bond motifs is 2. The van der Waals surface area contributed by atoms with Crippen LogP contribution in [-0.2, 0) is 0 Å². The predicted octanol–water partition coefficient (Wildman–Crippen LogP) is 9.19. The molecule has 0 fully saturated rings. The van der Waals surface area contributed by atoms with Crippen molar-refractivity contribution in [2.24, 2.45) is 0 Å². The van der Waals surface area contributed by atoms with Gasteiger partial charge >= 0.3 is 0 Å². The van der Waals surface area contributed by atoms with Gasteiger partial charge in [0.25, 0.3) is 23.6 Å². The van der Waals surface area contributed by atoms with Gasteiger partial charge in [-0.3, -0.25) is 29.0 Å². The van der Waals surface area contributed by atoms with Gasteiger partial charge in [-0.2, -0.15) is 0 Å². The summed E-state index contributed by atoms with van der Waals surface area (Å²) in [4.78, 5) is 60.2. The van der Waals surface area contributed by atoms with Crippen LogP contribution in [0.2, 0.25) is 0 Å². The molecular weight excluding hydrogens is 610 g/mol. The second-order valence-corrected chi connectivity index (χ2v) is 14.4. The Hall–Kier alpha value is -4.36. The van der Waals surface area contributed by atoms with E-state index in [1.165, 1.54) is 54.7 Å². The van der Waals surface area contributed by atoms with Gasteiger partial charge in [0.05, 0.1) is 0 Å². The summed E-state index contributed by atoms with van der Waals surface area (Å²) < 4.78 is 0. The van der Waals surface area contributed by atoms with Crippen LogP contribution >= 0.6 is 0 Å². The number of nitrogens with zero attached hydrogens (tertiary/aromatic N) is 3. The molecule has 0 saturated carbocycles. The van der Waals surface area contributed by atoms with Gasteiger partial charge in [0.15, 0.2) is 0 Å². The number of carbonyl (C=O) groups is 4. The molecule has 7 nitrogen and oxygen atoms in total. The zero-order chi connectivity index (χ0) is 34.2. The lowest BCUT2D eigenvalue weighted by molar-refractivity contribution is 0.0592. The molecule has 5 aromatic rings. The number of imide groups is 2. The van der Waals surface area contributed by atoms with E-state index in [1.807, 2.05) is 62.6 Å². The first-order valence-electron chi connectivity index (χ1n) is 18.4. The molecule has 7 heteroatoms. The zero-order valence-electron chi connectivity index (χ0n) is 29.2. The maximum atomic E-state index is 13.9. The van der Waals surface area contributed by atoms with Crippen LogP contribution in [0.5, 0.6) is 0 Å². The van der Waals surface area contributed by atoms with Gasteiger partial charge in [0, 0.05) is 46.1 Å². The fraction of sp³-hybridized carbons (Fsp3) is 0.429. The molecule has 2 aliphatic rings. The van der Waals surface area contributed by atoms with Crippen molar-refractivity contribution in [2.75, 3.05) is 33.7 Å². The highest BCUT2D eigenvalue weighted by Crippen LogP contribution is 2.46. The largest absolute Gasteiger partial charge is 0.309 e. The highest BCUT2D eigenvalue weighted by atomic mass is 16.2. The molecule has 2 aliphatic heterocycles. The standard InChI is InChI=1S/C42H47N3O4/c1-4-5-6-7-8-9-10-11-12-13-25-44-39(46)31-20-16-27-29-18-22-33-38-34(42(49)45(41(33)48)26-15-14-24-43(2)3)23-19-30(36(29)38)28-17-21-32(40(44)47)37(31)35(27)28/h16-23H,4-15,24-26H2,1-3H3. The Morgan fingerprint density at radius 2 is 0.755 bits per heavy atom. The molecule has 0 aromatic heterocycles. The maximum absolute atomic E-state index is 13.9. The molecule has 0 atom stereocenters. The Morgan fingerprint density at radius 1 is 0.429 bits per heavy atom. The average molecular weight is 658 g/mol. The summed E-state index contributed by atoms with van der Waals surface area (Å²) in [7, 11) is 4.04. The van der Waals surface area contributed by atoms with Gasteiger partial charge in [-0.1, -0.05) is 89.0 Å². The summed E-state index contributed by atoms with van der Waals surface area (Å²) in [6.45, 7) is 3.96. The van der Waals surface area contributed by atoms with Crippen molar-refractivity contribution in [3.05, 3.63) is 70.8 Å². The Labute approximate surface area is 288 Å². The van der Waals surface area contributed by atoms with Gasteiger partial charge in [0.1, 0.15) is 0 Å². The van der Waals surface area contributed by atoms with Crippen LogP contribution in [0, 0.1) is 0 Å². The number of carbonyl (C=O) groups excluding carboxylic acids is 4. The lowest BCUT2D eigenvalue weighted by Gasteiger charge is -2.30. The van der Waals surface area contributed by atoms with Crippen LogP contribution in [0.3, 0.4) is 0 Å². The Bertz CT molecular complexity index is 1980. The Kier molecular flexibility index (Phi) is 9.38. The zero-order valence-corrected chi connectivity index (χ0v) is 29.2. The van der Waals surface area contributed by atoms with Gasteiger partial charge in [-0.05, 0) is 96.5 Å². The minimum absolute atomic E-state index is 0.227. The minimum Gasteiger partial charge on any atom is -0.309 e. The van der Waals surface area contributed by atoms with Gasteiger partial charge in [-0.25, -0.2) is 0 Å². The van der Waals surface area contributed by atoms with Crippen molar-refractivity contribution < 1.29 is 19.2 Å². The summed E-state index contributed by atoms with van der Waals surface area (Å²) in [5.41, 5.74) is 2.22. The van der Waals surface area contributed by atoms with E-state index in [0.717, 1.165) is 71.0 Å². The van der Waals surface area contributed by atoms with Crippen LogP contribution in [0.15, 0.2) is 48.5 Å². The first-order chi connectivity index (χ1) is 23.8. The van der Waals surface area contributed by atoms with E-state index < -0.39 is 0 Å². The van der Waals surface area contributed by atoms with Crippen molar-refractivity contribution in [1.82, 2.24) is 14.7 Å².